The van der Waals surface area contributed by atoms with Crippen LogP contribution in [0.2, 0.25) is 10.0 Å². The fourth-order valence-corrected chi connectivity index (χ4v) is 2.24. The zero-order valence-electron chi connectivity index (χ0n) is 9.54. The van der Waals surface area contributed by atoms with Crippen molar-refractivity contribution in [3.05, 3.63) is 33.8 Å². The first kappa shape index (κ1) is 15.2. The average molecular weight is 311 g/mol. The molecule has 0 saturated heterocycles. The molecule has 0 aromatic heterocycles. The Morgan fingerprint density at radius 2 is 2.00 bits per heavy atom. The Bertz CT molecular complexity index is 546. The van der Waals surface area contributed by atoms with Crippen LogP contribution in [0.5, 0.6) is 0 Å². The number of carbonyl (C=O) groups is 1. The van der Waals surface area contributed by atoms with Crippen molar-refractivity contribution in [2.45, 2.75) is 0 Å². The fraction of sp³-hybridized carbons (Fsp3) is 0.300. The van der Waals surface area contributed by atoms with Crippen LogP contribution in [0.4, 0.5) is 0 Å². The minimum absolute atomic E-state index is 0.000954. The third-order valence-electron chi connectivity index (χ3n) is 2.14. The average Bonchev–Trinajstić information content (AvgIpc) is 2.28. The minimum Gasteiger partial charge on any atom is -0.351 e. The summed E-state index contributed by atoms with van der Waals surface area (Å²) in [5.41, 5.74) is 0.253. The topological polar surface area (TPSA) is 75.3 Å². The van der Waals surface area contributed by atoms with E-state index in [9.17, 15) is 13.2 Å². The van der Waals surface area contributed by atoms with E-state index in [1.807, 2.05) is 0 Å². The maximum atomic E-state index is 11.7. The van der Waals surface area contributed by atoms with Gasteiger partial charge in [-0.15, -0.1) is 0 Å². The molecule has 5 nitrogen and oxygen atoms in total. The van der Waals surface area contributed by atoms with Gasteiger partial charge >= 0.3 is 0 Å². The summed E-state index contributed by atoms with van der Waals surface area (Å²) in [6.45, 7) is 0.000954. The highest BCUT2D eigenvalue weighted by atomic mass is 35.5. The maximum absolute atomic E-state index is 11.7. The zero-order chi connectivity index (χ0) is 13.8. The largest absolute Gasteiger partial charge is 0.351 e. The molecule has 0 fully saturated rings. The van der Waals surface area contributed by atoms with E-state index in [4.69, 9.17) is 23.2 Å². The molecule has 1 amide bonds. The lowest BCUT2D eigenvalue weighted by Crippen LogP contribution is -2.33. The molecular weight excluding hydrogens is 299 g/mol. The van der Waals surface area contributed by atoms with Crippen molar-refractivity contribution >= 4 is 39.1 Å². The summed E-state index contributed by atoms with van der Waals surface area (Å²) in [5, 5.41) is 3.11. The van der Waals surface area contributed by atoms with Gasteiger partial charge < -0.3 is 5.32 Å². The van der Waals surface area contributed by atoms with Gasteiger partial charge in [0.15, 0.2) is 0 Å². The first-order valence-corrected chi connectivity index (χ1v) is 7.41. The number of halogens is 2. The van der Waals surface area contributed by atoms with Gasteiger partial charge in [-0.2, -0.15) is 0 Å². The van der Waals surface area contributed by atoms with Crippen molar-refractivity contribution in [1.82, 2.24) is 10.0 Å². The molecule has 2 N–H and O–H groups in total. The lowest BCUT2D eigenvalue weighted by atomic mass is 10.2. The molecule has 1 aromatic rings. The summed E-state index contributed by atoms with van der Waals surface area (Å²) in [5.74, 6) is -0.636. The number of benzene rings is 1. The lowest BCUT2D eigenvalue weighted by molar-refractivity contribution is 0.0956. The quantitative estimate of drug-likeness (QED) is 0.860. The number of hydrogen-bond acceptors (Lipinski definition) is 3. The Morgan fingerprint density at radius 1 is 1.33 bits per heavy atom. The highest BCUT2D eigenvalue weighted by Crippen LogP contribution is 2.20. The Balaban J connectivity index is 2.61. The zero-order valence-corrected chi connectivity index (χ0v) is 11.9. The summed E-state index contributed by atoms with van der Waals surface area (Å²) < 4.78 is 24.4. The molecule has 8 heteroatoms. The van der Waals surface area contributed by atoms with E-state index < -0.39 is 15.9 Å². The maximum Gasteiger partial charge on any atom is 0.252 e. The second kappa shape index (κ2) is 6.38. The van der Waals surface area contributed by atoms with E-state index in [0.717, 1.165) is 0 Å². The third kappa shape index (κ3) is 4.45. The number of amides is 1. The normalized spacial score (nSPS) is 11.3. The van der Waals surface area contributed by atoms with Crippen molar-refractivity contribution in [3.8, 4) is 0 Å². The summed E-state index contributed by atoms with van der Waals surface area (Å²) in [6.07, 6.45) is 0. The molecule has 0 unspecified atom stereocenters. The second-order valence-corrected chi connectivity index (χ2v) is 6.29. The molecule has 0 radical (unpaired) electrons. The molecule has 1 aromatic carbocycles. The second-order valence-electron chi connectivity index (χ2n) is 3.40. The Morgan fingerprint density at radius 3 is 2.56 bits per heavy atom. The van der Waals surface area contributed by atoms with Crippen LogP contribution in [0.3, 0.4) is 0 Å². The summed E-state index contributed by atoms with van der Waals surface area (Å²) in [7, 11) is -2.02. The molecule has 0 aliphatic heterocycles. The molecule has 0 aliphatic carbocycles. The molecule has 0 atom stereocenters. The van der Waals surface area contributed by atoms with Gasteiger partial charge in [0.25, 0.3) is 5.91 Å². The van der Waals surface area contributed by atoms with Gasteiger partial charge in [-0.25, -0.2) is 13.1 Å². The van der Waals surface area contributed by atoms with Gasteiger partial charge in [0.05, 0.1) is 16.3 Å². The van der Waals surface area contributed by atoms with Crippen molar-refractivity contribution in [3.63, 3.8) is 0 Å². The Labute approximate surface area is 116 Å². The van der Waals surface area contributed by atoms with Gasteiger partial charge in [0.2, 0.25) is 10.0 Å². The predicted octanol–water partition coefficient (Wildman–Crippen LogP) is 1.27. The highest BCUT2D eigenvalue weighted by molar-refractivity contribution is 7.89. The van der Waals surface area contributed by atoms with E-state index in [0.29, 0.717) is 5.02 Å². The molecular formula is C10H12Cl2N2O3S. The van der Waals surface area contributed by atoms with Crippen molar-refractivity contribution in [2.24, 2.45) is 0 Å². The number of nitrogens with one attached hydrogen (secondary N) is 2. The van der Waals surface area contributed by atoms with Crippen molar-refractivity contribution in [1.29, 1.82) is 0 Å². The molecule has 0 heterocycles. The number of rotatable bonds is 5. The van der Waals surface area contributed by atoms with Gasteiger partial charge in [0, 0.05) is 11.6 Å². The standard InChI is InChI=1S/C10H12Cl2N2O3S/c1-13-18(16,17)5-4-14-10(15)8-3-2-7(11)6-9(8)12/h2-3,6,13H,4-5H2,1H3,(H,14,15). The first-order valence-electron chi connectivity index (χ1n) is 5.00. The van der Waals surface area contributed by atoms with Crippen LogP contribution < -0.4 is 10.0 Å². The van der Waals surface area contributed by atoms with Crippen LogP contribution >= 0.6 is 23.2 Å². The molecule has 100 valence electrons. The first-order chi connectivity index (χ1) is 8.35. The number of carbonyl (C=O) groups excluding carboxylic acids is 1. The third-order valence-corrected chi connectivity index (χ3v) is 4.05. The Kier molecular flexibility index (Phi) is 5.40. The highest BCUT2D eigenvalue weighted by Gasteiger charge is 2.12. The van der Waals surface area contributed by atoms with Crippen LogP contribution in [-0.2, 0) is 10.0 Å². The van der Waals surface area contributed by atoms with Gasteiger partial charge in [0.1, 0.15) is 0 Å². The van der Waals surface area contributed by atoms with Gasteiger partial charge in [-0.1, -0.05) is 23.2 Å². The van der Waals surface area contributed by atoms with E-state index in [1.54, 1.807) is 0 Å². The van der Waals surface area contributed by atoms with Crippen LogP contribution in [0.25, 0.3) is 0 Å². The van der Waals surface area contributed by atoms with Crippen LogP contribution in [0.15, 0.2) is 18.2 Å². The predicted molar refractivity (Wildman–Crippen MR) is 71.6 cm³/mol. The summed E-state index contributed by atoms with van der Waals surface area (Å²) in [6, 6.07) is 4.46. The molecule has 0 bridgehead atoms. The smallest absolute Gasteiger partial charge is 0.252 e. The van der Waals surface area contributed by atoms with E-state index in [2.05, 4.69) is 10.0 Å². The van der Waals surface area contributed by atoms with E-state index in [-0.39, 0.29) is 22.9 Å². The van der Waals surface area contributed by atoms with Crippen LogP contribution in [0, 0.1) is 0 Å². The SMILES string of the molecule is CNS(=O)(=O)CCNC(=O)c1ccc(Cl)cc1Cl. The van der Waals surface area contributed by atoms with Crippen molar-refractivity contribution in [2.75, 3.05) is 19.3 Å². The van der Waals surface area contributed by atoms with Crippen LogP contribution in [0.1, 0.15) is 10.4 Å². The van der Waals surface area contributed by atoms with Crippen molar-refractivity contribution < 1.29 is 13.2 Å². The van der Waals surface area contributed by atoms with E-state index >= 15 is 0 Å². The number of sulfonamides is 1. The minimum atomic E-state index is -3.33. The Hall–Kier alpha value is -0.820. The van der Waals surface area contributed by atoms with Gasteiger partial charge in [-0.3, -0.25) is 4.79 Å². The number of hydrogen-bond donors (Lipinski definition) is 2. The molecule has 0 saturated carbocycles. The van der Waals surface area contributed by atoms with Gasteiger partial charge in [-0.05, 0) is 25.2 Å². The lowest BCUT2D eigenvalue weighted by Gasteiger charge is -2.07. The fourth-order valence-electron chi connectivity index (χ4n) is 1.17. The molecule has 1 rings (SSSR count). The summed E-state index contributed by atoms with van der Waals surface area (Å²) in [4.78, 5) is 11.7. The molecule has 18 heavy (non-hydrogen) atoms. The van der Waals surface area contributed by atoms with Crippen LogP contribution in [-0.4, -0.2) is 33.7 Å². The van der Waals surface area contributed by atoms with E-state index in [1.165, 1.54) is 25.2 Å². The monoisotopic (exact) mass is 310 g/mol. The molecule has 0 aliphatic rings. The summed E-state index contributed by atoms with van der Waals surface area (Å²) >= 11 is 11.5. The molecule has 0 spiro atoms.